The van der Waals surface area contributed by atoms with Gasteiger partial charge in [0.05, 0.1) is 4.90 Å². The first-order valence-electron chi connectivity index (χ1n) is 8.72. The minimum Gasteiger partial charge on any atom is -0.322 e. The highest BCUT2D eigenvalue weighted by molar-refractivity contribution is 7.89. The summed E-state index contributed by atoms with van der Waals surface area (Å²) >= 11 is 0. The van der Waals surface area contributed by atoms with Gasteiger partial charge in [-0.1, -0.05) is 0 Å². The van der Waals surface area contributed by atoms with Crippen LogP contribution in [0.5, 0.6) is 0 Å². The molecular weight excluding hydrogens is 405 g/mol. The lowest BCUT2D eigenvalue weighted by Crippen LogP contribution is -2.30. The van der Waals surface area contributed by atoms with Gasteiger partial charge in [-0.3, -0.25) is 4.79 Å². The van der Waals surface area contributed by atoms with Crippen molar-refractivity contribution in [2.75, 3.05) is 32.0 Å². The van der Waals surface area contributed by atoms with Gasteiger partial charge in [-0.05, 0) is 74.5 Å². The molecule has 1 amide bonds. The Labute approximate surface area is 170 Å². The molecule has 0 aromatic heterocycles. The summed E-state index contributed by atoms with van der Waals surface area (Å²) in [7, 11) is -1.68. The molecule has 1 aliphatic heterocycles. The number of sulfonamides is 1. The predicted octanol–water partition coefficient (Wildman–Crippen LogP) is 2.73. The van der Waals surface area contributed by atoms with E-state index in [1.165, 1.54) is 40.7 Å². The fourth-order valence-corrected chi connectivity index (χ4v) is 4.67. The molecule has 1 saturated heterocycles. The lowest BCUT2D eigenvalue weighted by atomic mass is 10.1. The molecule has 9 heteroatoms. The highest BCUT2D eigenvalue weighted by Gasteiger charge is 2.32. The van der Waals surface area contributed by atoms with E-state index in [-0.39, 0.29) is 23.2 Å². The number of benzene rings is 2. The van der Waals surface area contributed by atoms with Crippen molar-refractivity contribution in [2.45, 2.75) is 11.3 Å². The van der Waals surface area contributed by atoms with Crippen LogP contribution in [0.1, 0.15) is 16.8 Å². The van der Waals surface area contributed by atoms with E-state index in [1.54, 1.807) is 12.1 Å². The average Bonchev–Trinajstić information content (AvgIpc) is 3.12. The highest BCUT2D eigenvalue weighted by Crippen LogP contribution is 2.25. The van der Waals surface area contributed by atoms with Crippen LogP contribution in [0, 0.1) is 11.7 Å². The fraction of sp³-hybridized carbons (Fsp3) is 0.316. The SMILES string of the molecule is CNCC1CCN(S(=O)(=O)c2ccc(NC(=O)c3ccc(F)cc3)cc2)C1.Cl. The first-order chi connectivity index (χ1) is 12.9. The van der Waals surface area contributed by atoms with Crippen LogP contribution in [-0.2, 0) is 10.0 Å². The summed E-state index contributed by atoms with van der Waals surface area (Å²) in [4.78, 5) is 12.3. The van der Waals surface area contributed by atoms with Crippen LogP contribution < -0.4 is 10.6 Å². The van der Waals surface area contributed by atoms with E-state index in [4.69, 9.17) is 0 Å². The van der Waals surface area contributed by atoms with Crippen LogP contribution in [0.4, 0.5) is 10.1 Å². The Hall–Kier alpha value is -2.00. The smallest absolute Gasteiger partial charge is 0.255 e. The minimum absolute atomic E-state index is 0. The van der Waals surface area contributed by atoms with Gasteiger partial charge >= 0.3 is 0 Å². The van der Waals surface area contributed by atoms with Crippen LogP contribution in [0.15, 0.2) is 53.4 Å². The van der Waals surface area contributed by atoms with E-state index in [2.05, 4.69) is 10.6 Å². The number of anilines is 1. The number of hydrogen-bond acceptors (Lipinski definition) is 4. The van der Waals surface area contributed by atoms with E-state index < -0.39 is 15.8 Å². The number of nitrogens with zero attached hydrogens (tertiary/aromatic N) is 1. The van der Waals surface area contributed by atoms with Crippen molar-refractivity contribution in [1.82, 2.24) is 9.62 Å². The Morgan fingerprint density at radius 2 is 1.79 bits per heavy atom. The van der Waals surface area contributed by atoms with Gasteiger partial charge in [0.2, 0.25) is 10.0 Å². The third-order valence-corrected chi connectivity index (χ3v) is 6.48. The Balaban J connectivity index is 0.00000280. The summed E-state index contributed by atoms with van der Waals surface area (Å²) in [5.41, 5.74) is 0.790. The third kappa shape index (κ3) is 5.08. The number of carbonyl (C=O) groups is 1. The second-order valence-corrected chi connectivity index (χ2v) is 8.50. The van der Waals surface area contributed by atoms with E-state index in [1.807, 2.05) is 7.05 Å². The zero-order valence-electron chi connectivity index (χ0n) is 15.4. The van der Waals surface area contributed by atoms with E-state index in [0.717, 1.165) is 13.0 Å². The zero-order chi connectivity index (χ0) is 19.4. The van der Waals surface area contributed by atoms with Crippen LogP contribution in [0.3, 0.4) is 0 Å². The molecule has 1 atom stereocenters. The van der Waals surface area contributed by atoms with Crippen molar-refractivity contribution >= 4 is 34.0 Å². The Bertz CT molecular complexity index is 905. The second kappa shape index (κ2) is 9.47. The molecule has 0 saturated carbocycles. The van der Waals surface area contributed by atoms with Crippen molar-refractivity contribution in [1.29, 1.82) is 0 Å². The van der Waals surface area contributed by atoms with Gasteiger partial charge in [0, 0.05) is 24.3 Å². The third-order valence-electron chi connectivity index (χ3n) is 4.60. The molecule has 2 aromatic carbocycles. The number of hydrogen-bond donors (Lipinski definition) is 2. The summed E-state index contributed by atoms with van der Waals surface area (Å²) in [5, 5.41) is 5.75. The highest BCUT2D eigenvalue weighted by atomic mass is 35.5. The summed E-state index contributed by atoms with van der Waals surface area (Å²) in [5.74, 6) is -0.487. The van der Waals surface area contributed by atoms with Crippen molar-refractivity contribution in [2.24, 2.45) is 5.92 Å². The van der Waals surface area contributed by atoms with Crippen LogP contribution in [0.2, 0.25) is 0 Å². The second-order valence-electron chi connectivity index (χ2n) is 6.56. The lowest BCUT2D eigenvalue weighted by Gasteiger charge is -2.17. The van der Waals surface area contributed by atoms with Gasteiger partial charge < -0.3 is 10.6 Å². The standard InChI is InChI=1S/C19H22FN3O3S.ClH/c1-21-12-14-10-11-23(13-14)27(25,26)18-8-6-17(7-9-18)22-19(24)15-2-4-16(20)5-3-15;/h2-9,14,21H,10-13H2,1H3,(H,22,24);1H. The van der Waals surface area contributed by atoms with Gasteiger partial charge in [-0.25, -0.2) is 12.8 Å². The normalized spacial score (nSPS) is 17.1. The summed E-state index contributed by atoms with van der Waals surface area (Å²) in [6.07, 6.45) is 0.839. The maximum absolute atomic E-state index is 12.9. The lowest BCUT2D eigenvalue weighted by molar-refractivity contribution is 0.102. The number of carbonyl (C=O) groups excluding carboxylic acids is 1. The Morgan fingerprint density at radius 1 is 1.14 bits per heavy atom. The van der Waals surface area contributed by atoms with Crippen LogP contribution in [-0.4, -0.2) is 45.3 Å². The van der Waals surface area contributed by atoms with Crippen molar-refractivity contribution in [3.05, 3.63) is 59.9 Å². The van der Waals surface area contributed by atoms with Crippen LogP contribution in [0.25, 0.3) is 0 Å². The zero-order valence-corrected chi connectivity index (χ0v) is 17.0. The summed E-state index contributed by atoms with van der Waals surface area (Å²) in [6.45, 7) is 1.81. The van der Waals surface area contributed by atoms with Gasteiger partial charge in [0.15, 0.2) is 0 Å². The maximum Gasteiger partial charge on any atom is 0.255 e. The molecule has 0 bridgehead atoms. The van der Waals surface area contributed by atoms with Gasteiger partial charge in [-0.15, -0.1) is 12.4 Å². The topological polar surface area (TPSA) is 78.5 Å². The molecule has 28 heavy (non-hydrogen) atoms. The van der Waals surface area contributed by atoms with E-state index in [0.29, 0.717) is 30.3 Å². The number of rotatable bonds is 6. The number of nitrogens with one attached hydrogen (secondary N) is 2. The quantitative estimate of drug-likeness (QED) is 0.743. The molecule has 0 radical (unpaired) electrons. The predicted molar refractivity (Wildman–Crippen MR) is 109 cm³/mol. The van der Waals surface area contributed by atoms with Gasteiger partial charge in [-0.2, -0.15) is 4.31 Å². The van der Waals surface area contributed by atoms with Crippen molar-refractivity contribution in [3.63, 3.8) is 0 Å². The first-order valence-corrected chi connectivity index (χ1v) is 10.2. The van der Waals surface area contributed by atoms with E-state index >= 15 is 0 Å². The molecule has 1 aliphatic rings. The average molecular weight is 428 g/mol. The summed E-state index contributed by atoms with van der Waals surface area (Å²) in [6, 6.07) is 11.3. The van der Waals surface area contributed by atoms with Gasteiger partial charge in [0.1, 0.15) is 5.82 Å². The minimum atomic E-state index is -3.54. The molecule has 0 aliphatic carbocycles. The molecule has 1 fully saturated rings. The monoisotopic (exact) mass is 427 g/mol. The fourth-order valence-electron chi connectivity index (χ4n) is 3.13. The number of amides is 1. The maximum atomic E-state index is 12.9. The largest absolute Gasteiger partial charge is 0.322 e. The molecule has 1 unspecified atom stereocenters. The molecule has 0 spiro atoms. The molecule has 1 heterocycles. The van der Waals surface area contributed by atoms with Crippen molar-refractivity contribution in [3.8, 4) is 0 Å². The van der Waals surface area contributed by atoms with Gasteiger partial charge in [0.25, 0.3) is 5.91 Å². The Kier molecular flexibility index (Phi) is 7.54. The Morgan fingerprint density at radius 3 is 2.39 bits per heavy atom. The molecule has 2 N–H and O–H groups in total. The number of halogens is 2. The van der Waals surface area contributed by atoms with Crippen LogP contribution >= 0.6 is 12.4 Å². The molecule has 152 valence electrons. The molecule has 6 nitrogen and oxygen atoms in total. The van der Waals surface area contributed by atoms with Crippen molar-refractivity contribution < 1.29 is 17.6 Å². The molecule has 2 aromatic rings. The first kappa shape index (κ1) is 22.3. The van der Waals surface area contributed by atoms with E-state index in [9.17, 15) is 17.6 Å². The summed E-state index contributed by atoms with van der Waals surface area (Å²) < 4.78 is 39.9. The molecular formula is C19H23ClFN3O3S. The molecule has 3 rings (SSSR count).